The predicted molar refractivity (Wildman–Crippen MR) is 73.5 cm³/mol. The molecule has 0 saturated carbocycles. The number of rotatable bonds is 3. The standard InChI is InChI=1S/C14H12Cl2FN/c15-10-6-4-9(5-7-10)8-13(18)14-11(16)2-1-3-12(14)17/h1-7,13H,8,18H2. The average molecular weight is 284 g/mol. The number of hydrogen-bond acceptors (Lipinski definition) is 1. The van der Waals surface area contributed by atoms with E-state index >= 15 is 0 Å². The van der Waals surface area contributed by atoms with Crippen LogP contribution in [0, 0.1) is 5.82 Å². The summed E-state index contributed by atoms with van der Waals surface area (Å²) in [7, 11) is 0. The Balaban J connectivity index is 2.22. The summed E-state index contributed by atoms with van der Waals surface area (Å²) in [6.07, 6.45) is 0.512. The molecule has 2 aromatic rings. The first-order valence-electron chi connectivity index (χ1n) is 5.52. The molecule has 0 aliphatic rings. The maximum Gasteiger partial charge on any atom is 0.129 e. The summed E-state index contributed by atoms with van der Waals surface area (Å²) < 4.78 is 13.7. The topological polar surface area (TPSA) is 26.0 Å². The van der Waals surface area contributed by atoms with Gasteiger partial charge in [-0.1, -0.05) is 41.4 Å². The molecule has 1 atom stereocenters. The van der Waals surface area contributed by atoms with Crippen LogP contribution in [0.2, 0.25) is 10.0 Å². The Morgan fingerprint density at radius 3 is 2.33 bits per heavy atom. The summed E-state index contributed by atoms with van der Waals surface area (Å²) in [5.41, 5.74) is 7.36. The molecular formula is C14H12Cl2FN. The van der Waals surface area contributed by atoms with Gasteiger partial charge in [0.15, 0.2) is 0 Å². The maximum absolute atomic E-state index is 13.7. The van der Waals surface area contributed by atoms with Crippen molar-refractivity contribution in [1.82, 2.24) is 0 Å². The molecule has 0 aromatic heterocycles. The van der Waals surface area contributed by atoms with E-state index in [0.717, 1.165) is 5.56 Å². The first-order valence-corrected chi connectivity index (χ1v) is 6.27. The summed E-state index contributed by atoms with van der Waals surface area (Å²) in [5.74, 6) is -0.371. The molecule has 0 bridgehead atoms. The van der Waals surface area contributed by atoms with Crippen LogP contribution in [0.5, 0.6) is 0 Å². The first-order chi connectivity index (χ1) is 8.58. The van der Waals surface area contributed by atoms with E-state index in [2.05, 4.69) is 0 Å². The fourth-order valence-corrected chi connectivity index (χ4v) is 2.27. The average Bonchev–Trinajstić information content (AvgIpc) is 2.32. The fraction of sp³-hybridized carbons (Fsp3) is 0.143. The van der Waals surface area contributed by atoms with Crippen molar-refractivity contribution in [3.8, 4) is 0 Å². The highest BCUT2D eigenvalue weighted by Gasteiger charge is 2.15. The molecule has 0 amide bonds. The maximum atomic E-state index is 13.7. The van der Waals surface area contributed by atoms with Gasteiger partial charge >= 0.3 is 0 Å². The lowest BCUT2D eigenvalue weighted by Gasteiger charge is -2.14. The van der Waals surface area contributed by atoms with E-state index in [1.165, 1.54) is 6.07 Å². The van der Waals surface area contributed by atoms with Crippen LogP contribution in [-0.4, -0.2) is 0 Å². The third-order valence-electron chi connectivity index (χ3n) is 2.74. The zero-order chi connectivity index (χ0) is 13.1. The van der Waals surface area contributed by atoms with Crippen molar-refractivity contribution in [3.05, 3.63) is 69.5 Å². The Bertz CT molecular complexity index is 520. The van der Waals surface area contributed by atoms with Gasteiger partial charge in [0, 0.05) is 21.7 Å². The van der Waals surface area contributed by atoms with Crippen LogP contribution in [0.1, 0.15) is 17.2 Å². The molecule has 0 radical (unpaired) electrons. The number of benzene rings is 2. The second kappa shape index (κ2) is 5.70. The Morgan fingerprint density at radius 1 is 1.06 bits per heavy atom. The molecule has 4 heteroatoms. The van der Waals surface area contributed by atoms with Gasteiger partial charge in [0.2, 0.25) is 0 Å². The second-order valence-corrected chi connectivity index (χ2v) is 4.92. The molecule has 18 heavy (non-hydrogen) atoms. The molecule has 0 spiro atoms. The van der Waals surface area contributed by atoms with Crippen molar-refractivity contribution >= 4 is 23.2 Å². The molecule has 2 rings (SSSR count). The lowest BCUT2D eigenvalue weighted by atomic mass is 9.99. The van der Waals surface area contributed by atoms with Crippen molar-refractivity contribution in [1.29, 1.82) is 0 Å². The molecule has 0 fully saturated rings. The minimum absolute atomic E-state index is 0.356. The van der Waals surface area contributed by atoms with Crippen LogP contribution in [0.4, 0.5) is 4.39 Å². The quantitative estimate of drug-likeness (QED) is 0.889. The van der Waals surface area contributed by atoms with Gasteiger partial charge in [-0.05, 0) is 36.2 Å². The molecule has 2 aromatic carbocycles. The minimum atomic E-state index is -0.472. The lowest BCUT2D eigenvalue weighted by Crippen LogP contribution is -2.15. The molecule has 0 saturated heterocycles. The van der Waals surface area contributed by atoms with E-state index in [1.807, 2.05) is 12.1 Å². The molecule has 1 unspecified atom stereocenters. The summed E-state index contributed by atoms with van der Waals surface area (Å²) in [6, 6.07) is 11.4. The van der Waals surface area contributed by atoms with Crippen LogP contribution in [0.15, 0.2) is 42.5 Å². The second-order valence-electron chi connectivity index (χ2n) is 4.07. The minimum Gasteiger partial charge on any atom is -0.324 e. The largest absolute Gasteiger partial charge is 0.324 e. The smallest absolute Gasteiger partial charge is 0.129 e. The molecule has 2 N–H and O–H groups in total. The van der Waals surface area contributed by atoms with E-state index in [-0.39, 0.29) is 5.82 Å². The SMILES string of the molecule is NC(Cc1ccc(Cl)cc1)c1c(F)cccc1Cl. The van der Waals surface area contributed by atoms with E-state index in [4.69, 9.17) is 28.9 Å². The third kappa shape index (κ3) is 3.02. The van der Waals surface area contributed by atoms with Crippen LogP contribution < -0.4 is 5.73 Å². The van der Waals surface area contributed by atoms with E-state index in [9.17, 15) is 4.39 Å². The first kappa shape index (κ1) is 13.3. The van der Waals surface area contributed by atoms with Crippen LogP contribution in [0.3, 0.4) is 0 Å². The molecule has 0 aliphatic heterocycles. The Hall–Kier alpha value is -1.09. The molecule has 0 aliphatic carbocycles. The fourth-order valence-electron chi connectivity index (χ4n) is 1.84. The molecular weight excluding hydrogens is 272 g/mol. The highest BCUT2D eigenvalue weighted by Crippen LogP contribution is 2.27. The van der Waals surface area contributed by atoms with Crippen molar-refractivity contribution < 1.29 is 4.39 Å². The Kier molecular flexibility index (Phi) is 4.23. The van der Waals surface area contributed by atoms with Gasteiger partial charge in [0.1, 0.15) is 5.82 Å². The van der Waals surface area contributed by atoms with Gasteiger partial charge in [0.25, 0.3) is 0 Å². The Morgan fingerprint density at radius 2 is 1.72 bits per heavy atom. The number of nitrogens with two attached hydrogens (primary N) is 1. The van der Waals surface area contributed by atoms with Gasteiger partial charge in [-0.3, -0.25) is 0 Å². The van der Waals surface area contributed by atoms with Gasteiger partial charge in [-0.25, -0.2) is 4.39 Å². The highest BCUT2D eigenvalue weighted by molar-refractivity contribution is 6.31. The third-order valence-corrected chi connectivity index (χ3v) is 3.32. The number of halogens is 3. The summed E-state index contributed by atoms with van der Waals surface area (Å²) in [6.45, 7) is 0. The van der Waals surface area contributed by atoms with Gasteiger partial charge in [0.05, 0.1) is 0 Å². The van der Waals surface area contributed by atoms with Gasteiger partial charge in [-0.15, -0.1) is 0 Å². The van der Waals surface area contributed by atoms with E-state index in [0.29, 0.717) is 22.0 Å². The predicted octanol–water partition coefficient (Wildman–Crippen LogP) is 4.38. The van der Waals surface area contributed by atoms with Gasteiger partial charge in [-0.2, -0.15) is 0 Å². The van der Waals surface area contributed by atoms with Crippen molar-refractivity contribution in [2.24, 2.45) is 5.73 Å². The zero-order valence-corrected chi connectivity index (χ0v) is 11.0. The Labute approximate surface area is 115 Å². The molecule has 1 nitrogen and oxygen atoms in total. The lowest BCUT2D eigenvalue weighted by molar-refractivity contribution is 0.580. The number of hydrogen-bond donors (Lipinski definition) is 1. The highest BCUT2D eigenvalue weighted by atomic mass is 35.5. The normalized spacial score (nSPS) is 12.4. The van der Waals surface area contributed by atoms with Crippen molar-refractivity contribution in [2.45, 2.75) is 12.5 Å². The van der Waals surface area contributed by atoms with E-state index < -0.39 is 6.04 Å². The van der Waals surface area contributed by atoms with Gasteiger partial charge < -0.3 is 5.73 Å². The zero-order valence-electron chi connectivity index (χ0n) is 9.54. The van der Waals surface area contributed by atoms with Crippen LogP contribution >= 0.6 is 23.2 Å². The summed E-state index contributed by atoms with van der Waals surface area (Å²) in [5, 5.41) is 1.02. The monoisotopic (exact) mass is 283 g/mol. The van der Waals surface area contributed by atoms with Crippen molar-refractivity contribution in [2.75, 3.05) is 0 Å². The summed E-state index contributed by atoms with van der Waals surface area (Å²) in [4.78, 5) is 0. The molecule has 0 heterocycles. The van der Waals surface area contributed by atoms with Crippen LogP contribution in [-0.2, 0) is 6.42 Å². The van der Waals surface area contributed by atoms with E-state index in [1.54, 1.807) is 24.3 Å². The molecule has 94 valence electrons. The summed E-state index contributed by atoms with van der Waals surface area (Å²) >= 11 is 11.8. The van der Waals surface area contributed by atoms with Crippen LogP contribution in [0.25, 0.3) is 0 Å². The van der Waals surface area contributed by atoms with Crippen molar-refractivity contribution in [3.63, 3.8) is 0 Å².